The summed E-state index contributed by atoms with van der Waals surface area (Å²) in [7, 11) is 1.23. The summed E-state index contributed by atoms with van der Waals surface area (Å²) < 4.78 is 22.9. The molecule has 1 unspecified atom stereocenters. The molecular weight excluding hydrogens is 563 g/mol. The van der Waals surface area contributed by atoms with Crippen LogP contribution in [0.2, 0.25) is 0 Å². The lowest BCUT2D eigenvalue weighted by atomic mass is 10.0. The summed E-state index contributed by atoms with van der Waals surface area (Å²) in [6.07, 6.45) is 28.0. The standard InChI is InChI=1S/C34H67N2O6P/c1-6-8-10-12-14-16-18-20-22-24-26-28-34(38)35-32(31-42-43(39,40)41-30-29-36(3,4)5)33(37)27-25-23-21-19-17-15-13-11-9-7-2/h21,23,25,27,32-33,37H,6-20,22,24,26,28-31H2,1-5H3,(H-,35,38,39,40)/b23-21+,27-25+/t32-,33+/m0/s1. The first-order valence-corrected chi connectivity index (χ1v) is 18.7. The zero-order chi connectivity index (χ0) is 32.2. The molecule has 8 nitrogen and oxygen atoms in total. The molecule has 0 radical (unpaired) electrons. The molecule has 0 aromatic heterocycles. The van der Waals surface area contributed by atoms with Crippen LogP contribution in [0.3, 0.4) is 0 Å². The van der Waals surface area contributed by atoms with E-state index in [1.807, 2.05) is 27.2 Å². The second kappa shape index (κ2) is 27.3. The van der Waals surface area contributed by atoms with Gasteiger partial charge in [-0.1, -0.05) is 134 Å². The van der Waals surface area contributed by atoms with Crippen LogP contribution in [0.4, 0.5) is 0 Å². The third-order valence-corrected chi connectivity index (χ3v) is 8.43. The van der Waals surface area contributed by atoms with Crippen molar-refractivity contribution in [1.82, 2.24) is 5.32 Å². The van der Waals surface area contributed by atoms with Gasteiger partial charge in [-0.2, -0.15) is 0 Å². The fraction of sp³-hybridized carbons (Fsp3) is 0.853. The van der Waals surface area contributed by atoms with Crippen molar-refractivity contribution in [3.05, 3.63) is 24.3 Å². The van der Waals surface area contributed by atoms with Gasteiger partial charge in [0, 0.05) is 6.42 Å². The van der Waals surface area contributed by atoms with Gasteiger partial charge in [0.2, 0.25) is 5.91 Å². The lowest BCUT2D eigenvalue weighted by Crippen LogP contribution is -2.45. The van der Waals surface area contributed by atoms with Gasteiger partial charge in [-0.3, -0.25) is 9.36 Å². The molecular formula is C34H67N2O6P. The third-order valence-electron chi connectivity index (χ3n) is 7.47. The topological polar surface area (TPSA) is 108 Å². The second-order valence-electron chi connectivity index (χ2n) is 12.9. The summed E-state index contributed by atoms with van der Waals surface area (Å²) in [6, 6.07) is -0.910. The highest BCUT2D eigenvalue weighted by Gasteiger charge is 2.23. The number of unbranched alkanes of at least 4 members (excludes halogenated alkanes) is 16. The normalized spacial score (nSPS) is 15.2. The molecule has 2 N–H and O–H groups in total. The molecule has 0 aromatic rings. The van der Waals surface area contributed by atoms with E-state index < -0.39 is 26.6 Å². The van der Waals surface area contributed by atoms with Crippen molar-refractivity contribution in [3.63, 3.8) is 0 Å². The Morgan fingerprint density at radius 2 is 1.33 bits per heavy atom. The Bertz CT molecular complexity index is 768. The van der Waals surface area contributed by atoms with Gasteiger partial charge in [0.05, 0.1) is 39.9 Å². The largest absolute Gasteiger partial charge is 0.756 e. The quantitative estimate of drug-likeness (QED) is 0.0366. The highest BCUT2D eigenvalue weighted by molar-refractivity contribution is 7.45. The number of rotatable bonds is 30. The third kappa shape index (κ3) is 29.5. The van der Waals surface area contributed by atoms with Gasteiger partial charge in [0.1, 0.15) is 13.2 Å². The first-order valence-electron chi connectivity index (χ1n) is 17.2. The van der Waals surface area contributed by atoms with E-state index >= 15 is 0 Å². The number of phosphoric acid groups is 1. The van der Waals surface area contributed by atoms with Crippen LogP contribution in [-0.4, -0.2) is 68.5 Å². The Morgan fingerprint density at radius 3 is 1.86 bits per heavy atom. The van der Waals surface area contributed by atoms with E-state index in [4.69, 9.17) is 9.05 Å². The van der Waals surface area contributed by atoms with Crippen molar-refractivity contribution < 1.29 is 32.9 Å². The number of phosphoric ester groups is 1. The van der Waals surface area contributed by atoms with Crippen molar-refractivity contribution in [3.8, 4) is 0 Å². The van der Waals surface area contributed by atoms with E-state index in [1.165, 1.54) is 83.5 Å². The van der Waals surface area contributed by atoms with E-state index in [0.29, 0.717) is 17.4 Å². The summed E-state index contributed by atoms with van der Waals surface area (Å²) in [5.74, 6) is -0.220. The molecule has 0 spiro atoms. The van der Waals surface area contributed by atoms with E-state index in [2.05, 4.69) is 25.2 Å². The molecule has 254 valence electrons. The summed E-state index contributed by atoms with van der Waals surface area (Å²) in [5.41, 5.74) is 0. The monoisotopic (exact) mass is 630 g/mol. The zero-order valence-corrected chi connectivity index (χ0v) is 29.3. The van der Waals surface area contributed by atoms with Crippen LogP contribution < -0.4 is 10.2 Å². The molecule has 0 aliphatic rings. The number of carbonyl (C=O) groups excluding carboxylic acids is 1. The number of aliphatic hydroxyl groups excluding tert-OH is 1. The van der Waals surface area contributed by atoms with Crippen LogP contribution in [-0.2, 0) is 18.4 Å². The molecule has 9 heteroatoms. The van der Waals surface area contributed by atoms with Gasteiger partial charge < -0.3 is 28.8 Å². The summed E-state index contributed by atoms with van der Waals surface area (Å²) in [4.78, 5) is 25.0. The van der Waals surface area contributed by atoms with E-state index in [-0.39, 0.29) is 12.5 Å². The predicted molar refractivity (Wildman–Crippen MR) is 178 cm³/mol. The Balaban J connectivity index is 4.67. The molecule has 0 aromatic carbocycles. The zero-order valence-electron chi connectivity index (χ0n) is 28.4. The van der Waals surface area contributed by atoms with Gasteiger partial charge in [-0.15, -0.1) is 0 Å². The van der Waals surface area contributed by atoms with Gasteiger partial charge >= 0.3 is 0 Å². The minimum atomic E-state index is -4.58. The van der Waals surface area contributed by atoms with Crippen LogP contribution in [0.5, 0.6) is 0 Å². The van der Waals surface area contributed by atoms with Crippen LogP contribution in [0, 0.1) is 0 Å². The van der Waals surface area contributed by atoms with Gasteiger partial charge in [-0.25, -0.2) is 0 Å². The maximum absolute atomic E-state index is 12.7. The number of carbonyl (C=O) groups is 1. The minimum Gasteiger partial charge on any atom is -0.756 e. The number of allylic oxidation sites excluding steroid dienone is 3. The lowest BCUT2D eigenvalue weighted by molar-refractivity contribution is -0.870. The van der Waals surface area contributed by atoms with Gasteiger partial charge in [0.15, 0.2) is 0 Å². The Kier molecular flexibility index (Phi) is 26.7. The first-order chi connectivity index (χ1) is 20.5. The van der Waals surface area contributed by atoms with Crippen molar-refractivity contribution in [1.29, 1.82) is 0 Å². The summed E-state index contributed by atoms with van der Waals surface area (Å²) in [6.45, 7) is 4.53. The Morgan fingerprint density at radius 1 is 0.814 bits per heavy atom. The highest BCUT2D eigenvalue weighted by Crippen LogP contribution is 2.38. The number of nitrogens with one attached hydrogen (secondary N) is 1. The number of quaternary nitrogens is 1. The number of likely N-dealkylation sites (N-methyl/N-ethyl adjacent to an activating group) is 1. The number of hydrogen-bond acceptors (Lipinski definition) is 6. The van der Waals surface area contributed by atoms with Crippen molar-refractivity contribution >= 4 is 13.7 Å². The average molecular weight is 631 g/mol. The van der Waals surface area contributed by atoms with Crippen molar-refractivity contribution in [2.75, 3.05) is 40.9 Å². The van der Waals surface area contributed by atoms with E-state index in [9.17, 15) is 19.4 Å². The molecule has 0 heterocycles. The van der Waals surface area contributed by atoms with Gasteiger partial charge in [-0.05, 0) is 19.3 Å². The molecule has 3 atom stereocenters. The number of aliphatic hydroxyl groups is 1. The molecule has 0 aliphatic carbocycles. The molecule has 43 heavy (non-hydrogen) atoms. The Hall–Kier alpha value is -1.02. The van der Waals surface area contributed by atoms with Crippen LogP contribution in [0.1, 0.15) is 136 Å². The summed E-state index contributed by atoms with van der Waals surface area (Å²) in [5, 5.41) is 13.6. The van der Waals surface area contributed by atoms with E-state index in [0.717, 1.165) is 32.1 Å². The van der Waals surface area contributed by atoms with Crippen molar-refractivity contribution in [2.45, 2.75) is 148 Å². The smallest absolute Gasteiger partial charge is 0.268 e. The first kappa shape index (κ1) is 42.0. The predicted octanol–water partition coefficient (Wildman–Crippen LogP) is 7.60. The fourth-order valence-electron chi connectivity index (χ4n) is 4.62. The van der Waals surface area contributed by atoms with Gasteiger partial charge in [0.25, 0.3) is 7.82 Å². The molecule has 0 saturated heterocycles. The second-order valence-corrected chi connectivity index (χ2v) is 14.3. The van der Waals surface area contributed by atoms with Crippen LogP contribution >= 0.6 is 7.82 Å². The van der Waals surface area contributed by atoms with Crippen LogP contribution in [0.15, 0.2) is 24.3 Å². The summed E-state index contributed by atoms with van der Waals surface area (Å²) >= 11 is 0. The van der Waals surface area contributed by atoms with Crippen molar-refractivity contribution in [2.24, 2.45) is 0 Å². The molecule has 0 rings (SSSR count). The number of hydrogen-bond donors (Lipinski definition) is 2. The minimum absolute atomic E-state index is 0.00792. The number of nitrogens with zero attached hydrogens (tertiary/aromatic N) is 1. The van der Waals surface area contributed by atoms with Crippen LogP contribution in [0.25, 0.3) is 0 Å². The highest BCUT2D eigenvalue weighted by atomic mass is 31.2. The average Bonchev–Trinajstić information content (AvgIpc) is 2.94. The Labute approximate surface area is 264 Å². The SMILES string of the molecule is CCCCCCCC/C=C/C=C/[C@@H](O)[C@H](COP(=O)([O-])OCC[N+](C)(C)C)NC(=O)CCCCCCCCCCCCC. The molecule has 0 fully saturated rings. The molecule has 0 bridgehead atoms. The number of amides is 1. The molecule has 1 amide bonds. The lowest BCUT2D eigenvalue weighted by Gasteiger charge is -2.29. The maximum atomic E-state index is 12.7. The van der Waals surface area contributed by atoms with E-state index in [1.54, 1.807) is 12.2 Å². The molecule has 0 aliphatic heterocycles. The molecule has 0 saturated carbocycles. The maximum Gasteiger partial charge on any atom is 0.268 e. The fourth-order valence-corrected chi connectivity index (χ4v) is 5.34.